The zero-order valence-electron chi connectivity index (χ0n) is 12.1. The second-order valence-corrected chi connectivity index (χ2v) is 5.27. The number of hydrogen-bond acceptors (Lipinski definition) is 5. The lowest BCUT2D eigenvalue weighted by Gasteiger charge is -2.24. The second-order valence-electron chi connectivity index (χ2n) is 5.27. The molecule has 8 nitrogen and oxygen atoms in total. The summed E-state index contributed by atoms with van der Waals surface area (Å²) >= 11 is 0. The Morgan fingerprint density at radius 1 is 1.33 bits per heavy atom. The van der Waals surface area contributed by atoms with Gasteiger partial charge in [0.2, 0.25) is 0 Å². The zero-order valence-corrected chi connectivity index (χ0v) is 12.1. The van der Waals surface area contributed by atoms with Crippen molar-refractivity contribution in [3.8, 4) is 0 Å². The van der Waals surface area contributed by atoms with Gasteiger partial charge in [-0.2, -0.15) is 0 Å². The van der Waals surface area contributed by atoms with Gasteiger partial charge in [-0.1, -0.05) is 6.07 Å². The van der Waals surface area contributed by atoms with Crippen molar-refractivity contribution in [2.24, 2.45) is 0 Å². The van der Waals surface area contributed by atoms with Crippen molar-refractivity contribution in [1.29, 1.82) is 0 Å². The molecule has 8 heteroatoms. The molecule has 1 rings (SSSR count). The third-order valence-corrected chi connectivity index (χ3v) is 2.46. The normalized spacial score (nSPS) is 10.9. The lowest BCUT2D eigenvalue weighted by Crippen LogP contribution is -2.34. The van der Waals surface area contributed by atoms with Crippen LogP contribution >= 0.6 is 0 Å². The number of anilines is 1. The van der Waals surface area contributed by atoms with Gasteiger partial charge in [0.15, 0.2) is 0 Å². The van der Waals surface area contributed by atoms with Gasteiger partial charge < -0.3 is 9.84 Å². The van der Waals surface area contributed by atoms with E-state index < -0.39 is 33.8 Å². The van der Waals surface area contributed by atoms with E-state index >= 15 is 0 Å². The van der Waals surface area contributed by atoms with Crippen molar-refractivity contribution in [2.75, 3.05) is 11.9 Å². The topological polar surface area (TPSA) is 110 Å². The fourth-order valence-corrected chi connectivity index (χ4v) is 1.60. The number of carboxylic acid groups (broad SMARTS) is 1. The maximum absolute atomic E-state index is 11.9. The van der Waals surface area contributed by atoms with Gasteiger partial charge in [0.1, 0.15) is 16.9 Å². The number of nitro groups is 1. The zero-order chi connectivity index (χ0) is 16.4. The predicted molar refractivity (Wildman–Crippen MR) is 74.7 cm³/mol. The number of aromatic carboxylic acids is 1. The first-order valence-electron chi connectivity index (χ1n) is 6.02. The molecule has 0 fully saturated rings. The molecule has 0 spiro atoms. The molecule has 0 bridgehead atoms. The first-order valence-corrected chi connectivity index (χ1v) is 6.02. The van der Waals surface area contributed by atoms with E-state index in [-0.39, 0.29) is 5.69 Å². The van der Waals surface area contributed by atoms with Crippen LogP contribution in [-0.2, 0) is 4.74 Å². The molecule has 0 aliphatic heterocycles. The summed E-state index contributed by atoms with van der Waals surface area (Å²) in [6.07, 6.45) is -0.812. The van der Waals surface area contributed by atoms with Crippen molar-refractivity contribution < 1.29 is 24.4 Å². The minimum absolute atomic E-state index is 0.144. The molecule has 0 unspecified atom stereocenters. The summed E-state index contributed by atoms with van der Waals surface area (Å²) in [5.41, 5.74) is -2.06. The summed E-state index contributed by atoms with van der Waals surface area (Å²) in [5, 5.41) is 20.1. The van der Waals surface area contributed by atoms with Crippen LogP contribution in [0, 0.1) is 10.1 Å². The molecule has 0 saturated heterocycles. The molecule has 21 heavy (non-hydrogen) atoms. The Kier molecular flexibility index (Phi) is 4.52. The molecule has 0 atom stereocenters. The number of carbonyl (C=O) groups is 2. The Morgan fingerprint density at radius 3 is 2.33 bits per heavy atom. The molecule has 114 valence electrons. The van der Waals surface area contributed by atoms with E-state index in [1.165, 1.54) is 19.2 Å². The molecule has 1 amide bonds. The number of hydrogen-bond donors (Lipinski definition) is 1. The van der Waals surface area contributed by atoms with E-state index in [9.17, 15) is 19.7 Å². The Bertz CT molecular complexity index is 591. The van der Waals surface area contributed by atoms with Crippen molar-refractivity contribution in [3.05, 3.63) is 33.9 Å². The fourth-order valence-electron chi connectivity index (χ4n) is 1.60. The van der Waals surface area contributed by atoms with Crippen LogP contribution in [0.1, 0.15) is 31.1 Å². The number of carbonyl (C=O) groups excluding carboxylic acids is 1. The first-order chi connectivity index (χ1) is 9.54. The highest BCUT2D eigenvalue weighted by Crippen LogP contribution is 2.32. The smallest absolute Gasteiger partial charge is 0.414 e. The van der Waals surface area contributed by atoms with Gasteiger partial charge in [-0.3, -0.25) is 15.0 Å². The minimum Gasteiger partial charge on any atom is -0.477 e. The van der Waals surface area contributed by atoms with Crippen molar-refractivity contribution >= 4 is 23.4 Å². The summed E-state index contributed by atoms with van der Waals surface area (Å²) < 4.78 is 5.11. The first kappa shape index (κ1) is 16.4. The van der Waals surface area contributed by atoms with Gasteiger partial charge >= 0.3 is 17.7 Å². The molecular weight excluding hydrogens is 280 g/mol. The molecule has 0 heterocycles. The maximum Gasteiger partial charge on any atom is 0.414 e. The minimum atomic E-state index is -1.44. The molecule has 0 aliphatic carbocycles. The summed E-state index contributed by atoms with van der Waals surface area (Å²) in [7, 11) is 1.28. The average molecular weight is 296 g/mol. The van der Waals surface area contributed by atoms with E-state index in [0.29, 0.717) is 0 Å². The highest BCUT2D eigenvalue weighted by atomic mass is 16.6. The average Bonchev–Trinajstić information content (AvgIpc) is 2.34. The third-order valence-electron chi connectivity index (χ3n) is 2.46. The summed E-state index contributed by atoms with van der Waals surface area (Å²) in [5.74, 6) is -1.44. The van der Waals surface area contributed by atoms with Crippen LogP contribution in [0.3, 0.4) is 0 Å². The maximum atomic E-state index is 11.9. The van der Waals surface area contributed by atoms with Gasteiger partial charge in [0.25, 0.3) is 0 Å². The molecule has 0 saturated carbocycles. The molecule has 0 radical (unpaired) electrons. The van der Waals surface area contributed by atoms with Gasteiger partial charge in [-0.15, -0.1) is 0 Å². The summed E-state index contributed by atoms with van der Waals surface area (Å²) in [6, 6.07) is 3.72. The fraction of sp³-hybridized carbons (Fsp3) is 0.385. The molecule has 0 aromatic heterocycles. The van der Waals surface area contributed by atoms with E-state index in [4.69, 9.17) is 9.84 Å². The van der Waals surface area contributed by atoms with Crippen LogP contribution in [-0.4, -0.2) is 34.7 Å². The standard InChI is InChI=1S/C13H16N2O6/c1-13(2,3)21-12(18)14(4)9-7-5-6-8(11(16)17)10(9)15(19)20/h5-7H,1-4H3,(H,16,17). The van der Waals surface area contributed by atoms with Crippen molar-refractivity contribution in [2.45, 2.75) is 26.4 Å². The van der Waals surface area contributed by atoms with Crippen molar-refractivity contribution in [1.82, 2.24) is 0 Å². The van der Waals surface area contributed by atoms with Crippen LogP contribution in [0.15, 0.2) is 18.2 Å². The van der Waals surface area contributed by atoms with E-state index in [1.807, 2.05) is 0 Å². The van der Waals surface area contributed by atoms with Crippen LogP contribution in [0.2, 0.25) is 0 Å². The van der Waals surface area contributed by atoms with E-state index in [2.05, 4.69) is 0 Å². The van der Waals surface area contributed by atoms with Crippen LogP contribution < -0.4 is 4.90 Å². The van der Waals surface area contributed by atoms with E-state index in [1.54, 1.807) is 20.8 Å². The number of benzene rings is 1. The van der Waals surface area contributed by atoms with Crippen LogP contribution in [0.25, 0.3) is 0 Å². The number of nitrogens with zero attached hydrogens (tertiary/aromatic N) is 2. The van der Waals surface area contributed by atoms with Crippen molar-refractivity contribution in [3.63, 3.8) is 0 Å². The Labute approximate surface area is 121 Å². The molecular formula is C13H16N2O6. The van der Waals surface area contributed by atoms with Crippen LogP contribution in [0.4, 0.5) is 16.2 Å². The van der Waals surface area contributed by atoms with Gasteiger partial charge in [0, 0.05) is 7.05 Å². The molecule has 0 aliphatic rings. The number of ether oxygens (including phenoxy) is 1. The lowest BCUT2D eigenvalue weighted by atomic mass is 10.1. The van der Waals surface area contributed by atoms with Gasteiger partial charge in [-0.05, 0) is 32.9 Å². The van der Waals surface area contributed by atoms with Crippen LogP contribution in [0.5, 0.6) is 0 Å². The second kappa shape index (κ2) is 5.78. The Hall–Kier alpha value is -2.64. The van der Waals surface area contributed by atoms with Gasteiger partial charge in [-0.25, -0.2) is 9.59 Å². The lowest BCUT2D eigenvalue weighted by molar-refractivity contribution is -0.384. The van der Waals surface area contributed by atoms with E-state index in [0.717, 1.165) is 11.0 Å². The number of rotatable bonds is 3. The third kappa shape index (κ3) is 3.91. The highest BCUT2D eigenvalue weighted by Gasteiger charge is 2.30. The number of nitro benzene ring substituents is 1. The number of para-hydroxylation sites is 1. The molecule has 1 aromatic carbocycles. The predicted octanol–water partition coefficient (Wildman–Crippen LogP) is 2.66. The Morgan fingerprint density at radius 2 is 1.90 bits per heavy atom. The summed E-state index contributed by atoms with van der Waals surface area (Å²) in [4.78, 5) is 34.2. The summed E-state index contributed by atoms with van der Waals surface area (Å²) in [6.45, 7) is 4.96. The SMILES string of the molecule is CN(C(=O)OC(C)(C)C)c1cccc(C(=O)O)c1[N+](=O)[O-]. The monoisotopic (exact) mass is 296 g/mol. The largest absolute Gasteiger partial charge is 0.477 e. The number of amides is 1. The highest BCUT2D eigenvalue weighted by molar-refractivity contribution is 5.99. The molecule has 1 N–H and O–H groups in total. The van der Waals surface area contributed by atoms with Gasteiger partial charge in [0.05, 0.1) is 4.92 Å². The number of carboxylic acids is 1. The Balaban J connectivity index is 3.30. The molecule has 1 aromatic rings. The quantitative estimate of drug-likeness (QED) is 0.678.